The van der Waals surface area contributed by atoms with Crippen molar-refractivity contribution >= 4 is 11.7 Å². The van der Waals surface area contributed by atoms with E-state index in [-0.39, 0.29) is 5.91 Å². The molecule has 1 aromatic carbocycles. The Hall–Kier alpha value is -3.74. The average molecular weight is 372 g/mol. The summed E-state index contributed by atoms with van der Waals surface area (Å²) in [6.07, 6.45) is 8.31. The van der Waals surface area contributed by atoms with E-state index in [0.717, 1.165) is 16.9 Å². The van der Waals surface area contributed by atoms with Crippen LogP contribution < -0.4 is 5.32 Å². The molecule has 0 bridgehead atoms. The van der Waals surface area contributed by atoms with Gasteiger partial charge in [0.2, 0.25) is 5.91 Å². The van der Waals surface area contributed by atoms with Crippen LogP contribution >= 0.6 is 0 Å². The zero-order valence-corrected chi connectivity index (χ0v) is 15.3. The van der Waals surface area contributed by atoms with Crippen molar-refractivity contribution < 1.29 is 4.79 Å². The second-order valence-corrected chi connectivity index (χ2v) is 6.40. The molecule has 0 saturated carbocycles. The third-order valence-electron chi connectivity index (χ3n) is 4.26. The maximum absolute atomic E-state index is 12.2. The number of carbonyl (C=O) groups excluding carboxylic acids is 1. The fourth-order valence-corrected chi connectivity index (χ4v) is 2.85. The number of aromatic nitrogens is 5. The molecular weight excluding hydrogens is 352 g/mol. The molecule has 1 amide bonds. The summed E-state index contributed by atoms with van der Waals surface area (Å²) in [6, 6.07) is 17.4. The lowest BCUT2D eigenvalue weighted by atomic mass is 10.2. The van der Waals surface area contributed by atoms with Crippen molar-refractivity contribution in [2.75, 3.05) is 5.32 Å². The molecule has 0 atom stereocenters. The smallest absolute Gasteiger partial charge is 0.225 e. The van der Waals surface area contributed by atoms with Crippen LogP contribution in [-0.4, -0.2) is 30.5 Å². The van der Waals surface area contributed by atoms with E-state index in [1.807, 2.05) is 65.6 Å². The Balaban J connectivity index is 1.29. The number of nitrogens with zero attached hydrogens (tertiary/aromatic N) is 5. The summed E-state index contributed by atoms with van der Waals surface area (Å²) in [4.78, 5) is 16.5. The molecule has 0 unspecified atom stereocenters. The predicted molar refractivity (Wildman–Crippen MR) is 106 cm³/mol. The zero-order valence-electron chi connectivity index (χ0n) is 15.3. The van der Waals surface area contributed by atoms with E-state index >= 15 is 0 Å². The number of aryl methyl sites for hydroxylation is 1. The quantitative estimate of drug-likeness (QED) is 0.541. The Kier molecular flexibility index (Phi) is 5.24. The van der Waals surface area contributed by atoms with Crippen LogP contribution in [0.25, 0.3) is 5.69 Å². The van der Waals surface area contributed by atoms with Crippen LogP contribution in [0.2, 0.25) is 0 Å². The monoisotopic (exact) mass is 372 g/mol. The molecule has 7 nitrogen and oxygen atoms in total. The number of amides is 1. The van der Waals surface area contributed by atoms with Crippen LogP contribution in [0.1, 0.15) is 17.7 Å². The maximum atomic E-state index is 12.2. The van der Waals surface area contributed by atoms with Gasteiger partial charge in [0.25, 0.3) is 0 Å². The molecule has 0 radical (unpaired) electrons. The highest BCUT2D eigenvalue weighted by Gasteiger charge is 2.08. The minimum Gasteiger partial charge on any atom is -0.309 e. The number of hydrogen-bond donors (Lipinski definition) is 1. The first-order chi connectivity index (χ1) is 13.8. The maximum Gasteiger partial charge on any atom is 0.225 e. The highest BCUT2D eigenvalue weighted by Crippen LogP contribution is 2.10. The van der Waals surface area contributed by atoms with Gasteiger partial charge in [-0.15, -0.1) is 0 Å². The number of hydrogen-bond acceptors (Lipinski definition) is 4. The van der Waals surface area contributed by atoms with Crippen molar-refractivity contribution in [3.05, 3.63) is 90.6 Å². The number of para-hydroxylation sites is 1. The third kappa shape index (κ3) is 4.50. The van der Waals surface area contributed by atoms with E-state index in [1.54, 1.807) is 23.1 Å². The first kappa shape index (κ1) is 17.7. The standard InChI is InChI=1S/C21H20N6O/c28-21(10-9-17-14-23-27(15-17)19-7-2-1-3-8-19)24-20-11-13-26(25-20)16-18-6-4-5-12-22-18/h1-8,11-15H,9-10,16H2,(H,24,25,28). The fourth-order valence-electron chi connectivity index (χ4n) is 2.85. The number of anilines is 1. The van der Waals surface area contributed by atoms with Gasteiger partial charge in [0, 0.05) is 31.1 Å². The number of rotatable bonds is 7. The van der Waals surface area contributed by atoms with E-state index in [9.17, 15) is 4.79 Å². The molecule has 28 heavy (non-hydrogen) atoms. The van der Waals surface area contributed by atoms with Crippen molar-refractivity contribution in [1.29, 1.82) is 0 Å². The molecular formula is C21H20N6O. The Bertz CT molecular complexity index is 1040. The van der Waals surface area contributed by atoms with Gasteiger partial charge in [-0.25, -0.2) is 4.68 Å². The van der Waals surface area contributed by atoms with Crippen LogP contribution in [0, 0.1) is 0 Å². The molecule has 0 spiro atoms. The predicted octanol–water partition coefficient (Wildman–Crippen LogP) is 3.08. The molecule has 0 aliphatic rings. The lowest BCUT2D eigenvalue weighted by Gasteiger charge is -2.02. The van der Waals surface area contributed by atoms with Gasteiger partial charge in [-0.05, 0) is 36.2 Å². The highest BCUT2D eigenvalue weighted by atomic mass is 16.1. The molecule has 3 aromatic heterocycles. The summed E-state index contributed by atoms with van der Waals surface area (Å²) in [5.41, 5.74) is 2.93. The third-order valence-corrected chi connectivity index (χ3v) is 4.26. The molecule has 0 fully saturated rings. The number of pyridine rings is 1. The Morgan fingerprint density at radius 2 is 1.89 bits per heavy atom. The van der Waals surface area contributed by atoms with Gasteiger partial charge in [-0.3, -0.25) is 14.5 Å². The fraction of sp³-hybridized carbons (Fsp3) is 0.143. The summed E-state index contributed by atoms with van der Waals surface area (Å²) in [5.74, 6) is 0.469. The van der Waals surface area contributed by atoms with Crippen molar-refractivity contribution in [2.45, 2.75) is 19.4 Å². The van der Waals surface area contributed by atoms with E-state index in [0.29, 0.717) is 25.2 Å². The zero-order chi connectivity index (χ0) is 19.2. The van der Waals surface area contributed by atoms with Crippen LogP contribution in [0.15, 0.2) is 79.4 Å². The molecule has 0 aliphatic heterocycles. The van der Waals surface area contributed by atoms with Gasteiger partial charge in [0.1, 0.15) is 0 Å². The Morgan fingerprint density at radius 3 is 2.71 bits per heavy atom. The lowest BCUT2D eigenvalue weighted by molar-refractivity contribution is -0.116. The normalized spacial score (nSPS) is 10.7. The van der Waals surface area contributed by atoms with Gasteiger partial charge in [-0.1, -0.05) is 24.3 Å². The second-order valence-electron chi connectivity index (χ2n) is 6.40. The molecule has 1 N–H and O–H groups in total. The first-order valence-corrected chi connectivity index (χ1v) is 9.08. The largest absolute Gasteiger partial charge is 0.309 e. The molecule has 4 rings (SSSR count). The minimum absolute atomic E-state index is 0.0736. The van der Waals surface area contributed by atoms with E-state index in [1.165, 1.54) is 0 Å². The van der Waals surface area contributed by atoms with Crippen molar-refractivity contribution in [3.63, 3.8) is 0 Å². The summed E-state index contributed by atoms with van der Waals surface area (Å²) in [6.45, 7) is 0.565. The molecule has 3 heterocycles. The molecule has 0 aliphatic carbocycles. The molecule has 4 aromatic rings. The van der Waals surface area contributed by atoms with Gasteiger partial charge >= 0.3 is 0 Å². The molecule has 140 valence electrons. The molecule has 0 saturated heterocycles. The number of benzene rings is 1. The van der Waals surface area contributed by atoms with Gasteiger partial charge in [0.15, 0.2) is 5.82 Å². The van der Waals surface area contributed by atoms with E-state index < -0.39 is 0 Å². The molecule has 7 heteroatoms. The van der Waals surface area contributed by atoms with Crippen LogP contribution in [0.3, 0.4) is 0 Å². The second kappa shape index (κ2) is 8.30. The van der Waals surface area contributed by atoms with Crippen LogP contribution in [-0.2, 0) is 17.8 Å². The van der Waals surface area contributed by atoms with Gasteiger partial charge in [0.05, 0.1) is 24.1 Å². The van der Waals surface area contributed by atoms with Crippen molar-refractivity contribution in [1.82, 2.24) is 24.5 Å². The Morgan fingerprint density at radius 1 is 1.04 bits per heavy atom. The van der Waals surface area contributed by atoms with Crippen molar-refractivity contribution in [2.24, 2.45) is 0 Å². The summed E-state index contributed by atoms with van der Waals surface area (Å²) in [7, 11) is 0. The van der Waals surface area contributed by atoms with Crippen LogP contribution in [0.5, 0.6) is 0 Å². The Labute approximate surface area is 162 Å². The van der Waals surface area contributed by atoms with Gasteiger partial charge < -0.3 is 5.32 Å². The topological polar surface area (TPSA) is 77.6 Å². The van der Waals surface area contributed by atoms with Crippen LogP contribution in [0.4, 0.5) is 5.82 Å². The number of carbonyl (C=O) groups is 1. The highest BCUT2D eigenvalue weighted by molar-refractivity contribution is 5.89. The average Bonchev–Trinajstić information content (AvgIpc) is 3.38. The SMILES string of the molecule is O=C(CCc1cnn(-c2ccccc2)c1)Nc1ccn(Cc2ccccn2)n1. The lowest BCUT2D eigenvalue weighted by Crippen LogP contribution is -2.13. The van der Waals surface area contributed by atoms with E-state index in [2.05, 4.69) is 20.5 Å². The van der Waals surface area contributed by atoms with E-state index in [4.69, 9.17) is 0 Å². The first-order valence-electron chi connectivity index (χ1n) is 9.08. The van der Waals surface area contributed by atoms with Gasteiger partial charge in [-0.2, -0.15) is 10.2 Å². The minimum atomic E-state index is -0.0736. The number of nitrogens with one attached hydrogen (secondary N) is 1. The van der Waals surface area contributed by atoms with Crippen molar-refractivity contribution in [3.8, 4) is 5.69 Å². The summed E-state index contributed by atoms with van der Waals surface area (Å²) < 4.78 is 3.56. The summed E-state index contributed by atoms with van der Waals surface area (Å²) in [5, 5.41) is 11.6. The summed E-state index contributed by atoms with van der Waals surface area (Å²) >= 11 is 0.